The topological polar surface area (TPSA) is 80.0 Å². The fourth-order valence-corrected chi connectivity index (χ4v) is 3.84. The minimum atomic E-state index is -0.571. The van der Waals surface area contributed by atoms with E-state index in [4.69, 9.17) is 23.1 Å². The summed E-state index contributed by atoms with van der Waals surface area (Å²) in [6.45, 7) is 0. The average molecular weight is 436 g/mol. The van der Waals surface area contributed by atoms with E-state index in [0.29, 0.717) is 9.26 Å². The van der Waals surface area contributed by atoms with Crippen molar-refractivity contribution in [2.24, 2.45) is 21.5 Å². The van der Waals surface area contributed by atoms with Crippen molar-refractivity contribution < 1.29 is 4.39 Å². The van der Waals surface area contributed by atoms with Gasteiger partial charge in [0.2, 0.25) is 11.9 Å². The summed E-state index contributed by atoms with van der Waals surface area (Å²) in [4.78, 5) is 10.5. The third-order valence-corrected chi connectivity index (χ3v) is 5.21. The van der Waals surface area contributed by atoms with Crippen LogP contribution in [0.1, 0.15) is 32.1 Å². The molecule has 1 aromatic rings. The lowest BCUT2D eigenvalue weighted by molar-refractivity contribution is 0.305. The molecule has 1 fully saturated rings. The number of nitrogens with two attached hydrogens (primary N) is 2. The first-order valence-corrected chi connectivity index (χ1v) is 8.53. The monoisotopic (exact) mass is 435 g/mol. The van der Waals surface area contributed by atoms with Crippen LogP contribution in [-0.2, 0) is 0 Å². The van der Waals surface area contributed by atoms with Gasteiger partial charge in [-0.2, -0.15) is 4.99 Å². The molecule has 0 bridgehead atoms. The predicted molar refractivity (Wildman–Crippen MR) is 95.7 cm³/mol. The predicted octanol–water partition coefficient (Wildman–Crippen LogP) is 3.19. The Hall–Kier alpha value is -1.09. The summed E-state index contributed by atoms with van der Waals surface area (Å²) < 4.78 is 14.2. The molecule has 5 nitrogen and oxygen atoms in total. The van der Waals surface area contributed by atoms with Gasteiger partial charge in [-0.15, -0.1) is 0 Å². The Labute approximate surface area is 146 Å². The maximum absolute atomic E-state index is 13.7. The third-order valence-electron chi connectivity index (χ3n) is 4.08. The zero-order chi connectivity index (χ0) is 15.9. The molecule has 1 aliphatic carbocycles. The summed E-state index contributed by atoms with van der Waals surface area (Å²) in [6.07, 6.45) is 4.83. The minimum Gasteiger partial charge on any atom is -0.369 e. The number of benzene rings is 1. The number of rotatable bonds is 1. The van der Waals surface area contributed by atoms with Crippen LogP contribution in [0.3, 0.4) is 0 Å². The summed E-state index contributed by atoms with van der Waals surface area (Å²) in [5, 5.41) is 0.289. The molecule has 8 heteroatoms. The van der Waals surface area contributed by atoms with Gasteiger partial charge in [0, 0.05) is 0 Å². The molecule has 0 unspecified atom stereocenters. The summed E-state index contributed by atoms with van der Waals surface area (Å²) >= 11 is 8.20. The number of hydrogen-bond acceptors (Lipinski definition) is 5. The van der Waals surface area contributed by atoms with Crippen LogP contribution in [0.4, 0.5) is 10.1 Å². The molecule has 1 aliphatic heterocycles. The van der Waals surface area contributed by atoms with Crippen molar-refractivity contribution >= 4 is 51.8 Å². The van der Waals surface area contributed by atoms with Crippen LogP contribution >= 0.6 is 34.2 Å². The van der Waals surface area contributed by atoms with E-state index in [0.717, 1.165) is 32.1 Å². The highest BCUT2D eigenvalue weighted by Crippen LogP contribution is 2.42. The first-order valence-electron chi connectivity index (χ1n) is 7.07. The van der Waals surface area contributed by atoms with Gasteiger partial charge in [0.1, 0.15) is 11.5 Å². The van der Waals surface area contributed by atoms with Crippen LogP contribution in [0.2, 0.25) is 5.02 Å². The number of halogens is 3. The molecule has 4 N–H and O–H groups in total. The Balaban J connectivity index is 2.14. The Morgan fingerprint density at radius 2 is 1.91 bits per heavy atom. The van der Waals surface area contributed by atoms with Crippen molar-refractivity contribution in [2.75, 3.05) is 4.90 Å². The van der Waals surface area contributed by atoms with Crippen LogP contribution in [0.15, 0.2) is 22.1 Å². The standard InChI is InChI=1S/C14H16ClFIN5/c15-8-6-9(16)10(17)7-11(8)22-13(19)20-12(18)21-14(22)4-2-1-3-5-14/h6-7H,1-5H2,(H4,18,19,20,21). The lowest BCUT2D eigenvalue weighted by Gasteiger charge is -2.45. The molecule has 22 heavy (non-hydrogen) atoms. The SMILES string of the molecule is NC1=NC2(CCCCC2)N(c2cc(I)c(F)cc2Cl)C(N)=N1. The van der Waals surface area contributed by atoms with Crippen LogP contribution in [0.25, 0.3) is 0 Å². The first kappa shape index (κ1) is 15.8. The lowest BCUT2D eigenvalue weighted by atomic mass is 9.87. The van der Waals surface area contributed by atoms with Crippen LogP contribution in [-0.4, -0.2) is 17.6 Å². The second-order valence-electron chi connectivity index (χ2n) is 5.54. The number of hydrogen-bond donors (Lipinski definition) is 2. The van der Waals surface area contributed by atoms with E-state index in [-0.39, 0.29) is 22.8 Å². The lowest BCUT2D eigenvalue weighted by Crippen LogP contribution is -2.58. The second-order valence-corrected chi connectivity index (χ2v) is 7.11. The normalized spacial score (nSPS) is 20.8. The van der Waals surface area contributed by atoms with Gasteiger partial charge in [-0.1, -0.05) is 18.0 Å². The van der Waals surface area contributed by atoms with Crippen molar-refractivity contribution in [2.45, 2.75) is 37.8 Å². The Morgan fingerprint density at radius 1 is 1.23 bits per heavy atom. The zero-order valence-corrected chi connectivity index (χ0v) is 14.7. The molecule has 1 saturated carbocycles. The fraction of sp³-hybridized carbons (Fsp3) is 0.429. The van der Waals surface area contributed by atoms with Gasteiger partial charge in [-0.05, 0) is 60.4 Å². The van der Waals surface area contributed by atoms with Gasteiger partial charge < -0.3 is 11.5 Å². The quantitative estimate of drug-likeness (QED) is 0.525. The highest BCUT2D eigenvalue weighted by molar-refractivity contribution is 14.1. The van der Waals surface area contributed by atoms with Gasteiger partial charge in [-0.3, -0.25) is 4.90 Å². The van der Waals surface area contributed by atoms with E-state index in [1.807, 2.05) is 27.5 Å². The number of aliphatic imine (C=N–C) groups is 2. The maximum Gasteiger partial charge on any atom is 0.220 e. The van der Waals surface area contributed by atoms with Crippen molar-refractivity contribution in [3.05, 3.63) is 26.5 Å². The zero-order valence-electron chi connectivity index (χ0n) is 11.8. The van der Waals surface area contributed by atoms with Crippen LogP contribution in [0, 0.1) is 9.39 Å². The van der Waals surface area contributed by atoms with Crippen molar-refractivity contribution in [3.63, 3.8) is 0 Å². The highest BCUT2D eigenvalue weighted by atomic mass is 127. The molecule has 1 spiro atoms. The van der Waals surface area contributed by atoms with Gasteiger partial charge >= 0.3 is 0 Å². The van der Waals surface area contributed by atoms with Crippen LogP contribution < -0.4 is 16.4 Å². The Kier molecular flexibility index (Phi) is 4.19. The van der Waals surface area contributed by atoms with Gasteiger partial charge in [-0.25, -0.2) is 9.38 Å². The van der Waals surface area contributed by atoms with Crippen molar-refractivity contribution in [3.8, 4) is 0 Å². The summed E-state index contributed by atoms with van der Waals surface area (Å²) in [6, 6.07) is 2.97. The number of guanidine groups is 2. The molecule has 0 saturated heterocycles. The van der Waals surface area contributed by atoms with Crippen molar-refractivity contribution in [1.82, 2.24) is 0 Å². The van der Waals surface area contributed by atoms with E-state index in [1.54, 1.807) is 6.07 Å². The van der Waals surface area contributed by atoms with E-state index in [9.17, 15) is 4.39 Å². The molecule has 118 valence electrons. The molecule has 0 atom stereocenters. The second kappa shape index (κ2) is 5.84. The van der Waals surface area contributed by atoms with Crippen LogP contribution in [0.5, 0.6) is 0 Å². The van der Waals surface area contributed by atoms with E-state index < -0.39 is 5.66 Å². The highest BCUT2D eigenvalue weighted by Gasteiger charge is 2.43. The molecule has 0 amide bonds. The van der Waals surface area contributed by atoms with E-state index in [1.165, 1.54) is 6.07 Å². The summed E-state index contributed by atoms with van der Waals surface area (Å²) in [5.41, 5.74) is 12.0. The Morgan fingerprint density at radius 3 is 2.59 bits per heavy atom. The van der Waals surface area contributed by atoms with Gasteiger partial charge in [0.15, 0.2) is 0 Å². The largest absolute Gasteiger partial charge is 0.369 e. The fourth-order valence-electron chi connectivity index (χ4n) is 3.15. The van der Waals surface area contributed by atoms with E-state index >= 15 is 0 Å². The average Bonchev–Trinajstić information content (AvgIpc) is 2.44. The molecule has 1 aromatic carbocycles. The molecule has 3 rings (SSSR count). The smallest absolute Gasteiger partial charge is 0.220 e. The maximum atomic E-state index is 13.7. The number of anilines is 1. The number of nitrogens with zero attached hydrogens (tertiary/aromatic N) is 3. The molecule has 2 aliphatic rings. The third kappa shape index (κ3) is 2.64. The molecule has 1 heterocycles. The van der Waals surface area contributed by atoms with Crippen molar-refractivity contribution in [1.29, 1.82) is 0 Å². The molecule has 0 aromatic heterocycles. The Bertz CT molecular complexity index is 669. The molecular weight excluding hydrogens is 420 g/mol. The first-order chi connectivity index (χ1) is 10.4. The summed E-state index contributed by atoms with van der Waals surface area (Å²) in [5.74, 6) is 0.0740. The minimum absolute atomic E-state index is 0.184. The summed E-state index contributed by atoms with van der Waals surface area (Å²) in [7, 11) is 0. The molecular formula is C14H16ClFIN5. The van der Waals surface area contributed by atoms with E-state index in [2.05, 4.69) is 9.98 Å². The van der Waals surface area contributed by atoms with Gasteiger partial charge in [0.05, 0.1) is 14.3 Å². The molecule has 0 radical (unpaired) electrons. The van der Waals surface area contributed by atoms with Gasteiger partial charge in [0.25, 0.3) is 0 Å².